The summed E-state index contributed by atoms with van der Waals surface area (Å²) >= 11 is 12.1. The van der Waals surface area contributed by atoms with Crippen molar-refractivity contribution in [1.82, 2.24) is 4.90 Å². The SMILES string of the molecule is CCOc1ccc(Cl)cc1C(c1ccc(Cl)c(C(F)(F)F)c1)N1CCCC(C(=O)O)C1. The first-order valence-corrected chi connectivity index (χ1v) is 10.6. The number of hydrogen-bond donors (Lipinski definition) is 1. The van der Waals surface area contributed by atoms with Crippen LogP contribution in [0.1, 0.15) is 42.5 Å². The fourth-order valence-corrected chi connectivity index (χ4v) is 4.38. The molecule has 3 rings (SSSR count). The van der Waals surface area contributed by atoms with Crippen LogP contribution in [0.3, 0.4) is 0 Å². The lowest BCUT2D eigenvalue weighted by Crippen LogP contribution is -2.41. The first-order valence-electron chi connectivity index (χ1n) is 9.87. The van der Waals surface area contributed by atoms with Crippen LogP contribution in [-0.4, -0.2) is 35.7 Å². The van der Waals surface area contributed by atoms with Crippen LogP contribution in [0.5, 0.6) is 5.75 Å². The fraction of sp³-hybridized carbons (Fsp3) is 0.409. The molecule has 1 aliphatic heterocycles. The Morgan fingerprint density at radius 2 is 2.00 bits per heavy atom. The van der Waals surface area contributed by atoms with Gasteiger partial charge in [0.15, 0.2) is 0 Å². The predicted molar refractivity (Wildman–Crippen MR) is 113 cm³/mol. The van der Waals surface area contributed by atoms with Gasteiger partial charge in [-0.1, -0.05) is 29.3 Å². The summed E-state index contributed by atoms with van der Waals surface area (Å²) in [7, 11) is 0. The third-order valence-electron chi connectivity index (χ3n) is 5.35. The first-order chi connectivity index (χ1) is 14.6. The Kier molecular flexibility index (Phi) is 7.39. The molecule has 2 atom stereocenters. The predicted octanol–water partition coefficient (Wildman–Crippen LogP) is 6.30. The third kappa shape index (κ3) is 5.45. The second-order valence-electron chi connectivity index (χ2n) is 7.43. The largest absolute Gasteiger partial charge is 0.494 e. The van der Waals surface area contributed by atoms with Crippen LogP contribution in [0.4, 0.5) is 13.2 Å². The van der Waals surface area contributed by atoms with Gasteiger partial charge >= 0.3 is 12.1 Å². The van der Waals surface area contributed by atoms with Gasteiger partial charge in [0.2, 0.25) is 0 Å². The molecule has 4 nitrogen and oxygen atoms in total. The van der Waals surface area contributed by atoms with Crippen molar-refractivity contribution in [3.05, 3.63) is 63.1 Å². The standard InChI is InChI=1S/C22H22Cl2F3NO3/c1-2-31-19-8-6-15(23)11-16(19)20(28-9-3-4-14(12-28)21(29)30)13-5-7-18(24)17(10-13)22(25,26)27/h5-8,10-11,14,20H,2-4,9,12H2,1H3,(H,29,30). The zero-order chi connectivity index (χ0) is 22.8. The van der Waals surface area contributed by atoms with E-state index in [0.717, 1.165) is 6.07 Å². The molecule has 31 heavy (non-hydrogen) atoms. The van der Waals surface area contributed by atoms with Gasteiger partial charge in [-0.15, -0.1) is 0 Å². The van der Waals surface area contributed by atoms with E-state index in [1.54, 1.807) is 25.1 Å². The zero-order valence-corrected chi connectivity index (χ0v) is 18.3. The third-order valence-corrected chi connectivity index (χ3v) is 5.91. The minimum absolute atomic E-state index is 0.196. The number of alkyl halides is 3. The lowest BCUT2D eigenvalue weighted by Gasteiger charge is -2.38. The van der Waals surface area contributed by atoms with Gasteiger partial charge in [-0.3, -0.25) is 9.69 Å². The maximum atomic E-state index is 13.5. The molecular weight excluding hydrogens is 454 g/mol. The van der Waals surface area contributed by atoms with Crippen LogP contribution in [-0.2, 0) is 11.0 Å². The normalized spacial score (nSPS) is 18.6. The number of halogens is 5. The van der Waals surface area contributed by atoms with Crippen LogP contribution in [0.2, 0.25) is 10.0 Å². The molecule has 0 radical (unpaired) electrons. The highest BCUT2D eigenvalue weighted by atomic mass is 35.5. The molecule has 1 fully saturated rings. The fourth-order valence-electron chi connectivity index (χ4n) is 3.98. The maximum Gasteiger partial charge on any atom is 0.417 e. The van der Waals surface area contributed by atoms with Gasteiger partial charge in [-0.25, -0.2) is 0 Å². The molecule has 168 valence electrons. The number of carbonyl (C=O) groups is 1. The monoisotopic (exact) mass is 475 g/mol. The van der Waals surface area contributed by atoms with Gasteiger partial charge in [-0.05, 0) is 62.2 Å². The molecule has 9 heteroatoms. The summed E-state index contributed by atoms with van der Waals surface area (Å²) < 4.78 is 46.4. The van der Waals surface area contributed by atoms with Crippen LogP contribution in [0.25, 0.3) is 0 Å². The van der Waals surface area contributed by atoms with E-state index in [9.17, 15) is 23.1 Å². The van der Waals surface area contributed by atoms with Crippen LogP contribution in [0, 0.1) is 5.92 Å². The highest BCUT2D eigenvalue weighted by Gasteiger charge is 2.37. The van der Waals surface area contributed by atoms with E-state index < -0.39 is 34.7 Å². The number of hydrogen-bond acceptors (Lipinski definition) is 3. The van der Waals surface area contributed by atoms with Crippen molar-refractivity contribution in [3.63, 3.8) is 0 Å². The number of benzene rings is 2. The van der Waals surface area contributed by atoms with Crippen LogP contribution >= 0.6 is 23.2 Å². The number of ether oxygens (including phenoxy) is 1. The minimum atomic E-state index is -4.62. The first kappa shape index (κ1) is 23.7. The summed E-state index contributed by atoms with van der Waals surface area (Å²) in [5.74, 6) is -1.05. The van der Waals surface area contributed by atoms with Crippen molar-refractivity contribution in [2.75, 3.05) is 19.7 Å². The van der Waals surface area contributed by atoms with Crippen molar-refractivity contribution in [2.24, 2.45) is 5.92 Å². The van der Waals surface area contributed by atoms with E-state index in [1.807, 2.05) is 4.90 Å². The number of carboxylic acids is 1. The molecule has 0 aliphatic carbocycles. The molecule has 2 unspecified atom stereocenters. The summed E-state index contributed by atoms with van der Waals surface area (Å²) in [6.07, 6.45) is -3.50. The van der Waals surface area contributed by atoms with E-state index in [4.69, 9.17) is 27.9 Å². The maximum absolute atomic E-state index is 13.5. The van der Waals surface area contributed by atoms with Gasteiger partial charge in [0.25, 0.3) is 0 Å². The second kappa shape index (κ2) is 9.67. The lowest BCUT2D eigenvalue weighted by atomic mass is 9.90. The minimum Gasteiger partial charge on any atom is -0.494 e. The van der Waals surface area contributed by atoms with Crippen LogP contribution < -0.4 is 4.74 Å². The molecule has 0 amide bonds. The number of likely N-dealkylation sites (tertiary alicyclic amines) is 1. The quantitative estimate of drug-likeness (QED) is 0.532. The molecule has 2 aromatic carbocycles. The van der Waals surface area contributed by atoms with E-state index in [1.165, 1.54) is 12.1 Å². The zero-order valence-electron chi connectivity index (χ0n) is 16.8. The lowest BCUT2D eigenvalue weighted by molar-refractivity contribution is -0.143. The highest BCUT2D eigenvalue weighted by Crippen LogP contribution is 2.42. The average Bonchev–Trinajstić information content (AvgIpc) is 2.71. The number of aliphatic carboxylic acids is 1. The number of nitrogens with zero attached hydrogens (tertiary/aromatic N) is 1. The number of carboxylic acid groups (broad SMARTS) is 1. The molecule has 1 N–H and O–H groups in total. The van der Waals surface area contributed by atoms with E-state index >= 15 is 0 Å². The second-order valence-corrected chi connectivity index (χ2v) is 8.27. The molecule has 1 aliphatic rings. The Bertz CT molecular complexity index is 952. The molecule has 2 aromatic rings. The smallest absolute Gasteiger partial charge is 0.417 e. The van der Waals surface area contributed by atoms with Crippen molar-refractivity contribution < 1.29 is 27.8 Å². The molecule has 1 saturated heterocycles. The van der Waals surface area contributed by atoms with Crippen molar-refractivity contribution in [3.8, 4) is 5.75 Å². The highest BCUT2D eigenvalue weighted by molar-refractivity contribution is 6.31. The summed E-state index contributed by atoms with van der Waals surface area (Å²) in [4.78, 5) is 13.5. The topological polar surface area (TPSA) is 49.8 Å². The average molecular weight is 476 g/mol. The van der Waals surface area contributed by atoms with Gasteiger partial charge in [0.1, 0.15) is 5.75 Å². The van der Waals surface area contributed by atoms with Crippen molar-refractivity contribution in [2.45, 2.75) is 32.0 Å². The molecule has 0 bridgehead atoms. The Hall–Kier alpha value is -1.96. The summed E-state index contributed by atoms with van der Waals surface area (Å²) in [5.41, 5.74) is -0.0229. The summed E-state index contributed by atoms with van der Waals surface area (Å²) in [5, 5.41) is 9.52. The Morgan fingerprint density at radius 3 is 2.65 bits per heavy atom. The van der Waals surface area contributed by atoms with E-state index in [2.05, 4.69) is 0 Å². The molecular formula is C22H22Cl2F3NO3. The number of piperidine rings is 1. The Balaban J connectivity index is 2.17. The summed E-state index contributed by atoms with van der Waals surface area (Å²) in [6.45, 7) is 2.88. The van der Waals surface area contributed by atoms with E-state index in [-0.39, 0.29) is 6.54 Å². The van der Waals surface area contributed by atoms with Gasteiger partial charge in [-0.2, -0.15) is 13.2 Å². The summed E-state index contributed by atoms with van der Waals surface area (Å²) in [6, 6.07) is 8.07. The Labute approximate surface area is 188 Å². The van der Waals surface area contributed by atoms with Gasteiger partial charge in [0.05, 0.1) is 29.2 Å². The molecule has 0 spiro atoms. The van der Waals surface area contributed by atoms with Gasteiger partial charge < -0.3 is 9.84 Å². The van der Waals surface area contributed by atoms with E-state index in [0.29, 0.717) is 47.9 Å². The van der Waals surface area contributed by atoms with Crippen molar-refractivity contribution in [1.29, 1.82) is 0 Å². The molecule has 1 heterocycles. The van der Waals surface area contributed by atoms with Crippen LogP contribution in [0.15, 0.2) is 36.4 Å². The molecule has 0 saturated carbocycles. The molecule has 0 aromatic heterocycles. The van der Waals surface area contributed by atoms with Crippen molar-refractivity contribution >= 4 is 29.2 Å². The van der Waals surface area contributed by atoms with Gasteiger partial charge in [0, 0.05) is 17.1 Å². The number of rotatable bonds is 6. The Morgan fingerprint density at radius 1 is 1.26 bits per heavy atom.